The fourth-order valence-electron chi connectivity index (χ4n) is 3.00. The first-order valence-corrected chi connectivity index (χ1v) is 12.8. The molecule has 0 bridgehead atoms. The van der Waals surface area contributed by atoms with Crippen LogP contribution in [0.5, 0.6) is 0 Å². The van der Waals surface area contributed by atoms with Crippen LogP contribution < -0.4 is 9.62 Å². The van der Waals surface area contributed by atoms with Crippen LogP contribution in [0.4, 0.5) is 10.1 Å². The molecular formula is C22H29FN2O3S2. The molecule has 1 amide bonds. The second-order valence-corrected chi connectivity index (χ2v) is 10.2. The van der Waals surface area contributed by atoms with Crippen molar-refractivity contribution in [2.24, 2.45) is 0 Å². The summed E-state index contributed by atoms with van der Waals surface area (Å²) < 4.78 is 39.4. The van der Waals surface area contributed by atoms with Gasteiger partial charge in [-0.1, -0.05) is 30.3 Å². The molecule has 8 heteroatoms. The lowest BCUT2D eigenvalue weighted by atomic mass is 10.1. The number of aryl methyl sites for hydroxylation is 1. The van der Waals surface area contributed by atoms with E-state index in [-0.39, 0.29) is 24.7 Å². The number of carbonyl (C=O) groups is 1. The fourth-order valence-corrected chi connectivity index (χ4v) is 4.86. The molecule has 5 nitrogen and oxygen atoms in total. The highest BCUT2D eigenvalue weighted by molar-refractivity contribution is 7.98. The number of nitrogens with one attached hydrogen (secondary N) is 1. The molecule has 0 aromatic heterocycles. The quantitative estimate of drug-likeness (QED) is 0.523. The fraction of sp³-hybridized carbons (Fsp3) is 0.409. The second kappa shape index (κ2) is 11.4. The Morgan fingerprint density at radius 3 is 2.57 bits per heavy atom. The Kier molecular flexibility index (Phi) is 9.17. The van der Waals surface area contributed by atoms with Crippen LogP contribution in [0.15, 0.2) is 42.5 Å². The Hall–Kier alpha value is -2.06. The summed E-state index contributed by atoms with van der Waals surface area (Å²) in [7, 11) is -3.44. The van der Waals surface area contributed by atoms with Gasteiger partial charge in [-0.3, -0.25) is 9.10 Å². The number of carbonyl (C=O) groups excluding carboxylic acids is 1. The Labute approximate surface area is 183 Å². The van der Waals surface area contributed by atoms with Crippen LogP contribution in [0, 0.1) is 19.7 Å². The monoisotopic (exact) mass is 452 g/mol. The number of hydrogen-bond acceptors (Lipinski definition) is 4. The first-order chi connectivity index (χ1) is 14.2. The minimum atomic E-state index is -3.44. The molecule has 0 aliphatic rings. The third-order valence-electron chi connectivity index (χ3n) is 4.79. The van der Waals surface area contributed by atoms with Crippen LogP contribution in [0.2, 0.25) is 0 Å². The molecule has 164 valence electrons. The van der Waals surface area contributed by atoms with Crippen molar-refractivity contribution in [2.45, 2.75) is 32.4 Å². The van der Waals surface area contributed by atoms with Crippen molar-refractivity contribution in [2.75, 3.05) is 29.4 Å². The van der Waals surface area contributed by atoms with Crippen molar-refractivity contribution < 1.29 is 17.6 Å². The number of rotatable bonds is 11. The van der Waals surface area contributed by atoms with Crippen molar-refractivity contribution >= 4 is 33.4 Å². The van der Waals surface area contributed by atoms with Crippen LogP contribution in [-0.2, 0) is 20.6 Å². The SMILES string of the molecule is Cc1cccc(N(CCCC(=O)NCCSCc2ccccc2F)S(C)(=O)=O)c1C. The first kappa shape index (κ1) is 24.2. The van der Waals surface area contributed by atoms with Gasteiger partial charge in [0.1, 0.15) is 5.82 Å². The number of nitrogens with zero attached hydrogens (tertiary/aromatic N) is 1. The van der Waals surface area contributed by atoms with Gasteiger partial charge in [0.25, 0.3) is 0 Å². The standard InChI is InChI=1S/C22H29FN2O3S2/c1-17-8-6-11-21(18(17)2)25(30(3,27)28)14-7-12-22(26)24-13-15-29-16-19-9-4-5-10-20(19)23/h4-6,8-11H,7,12-16H2,1-3H3,(H,24,26). The normalized spacial score (nSPS) is 11.3. The molecule has 0 heterocycles. The van der Waals surface area contributed by atoms with Crippen LogP contribution >= 0.6 is 11.8 Å². The van der Waals surface area contributed by atoms with E-state index in [1.54, 1.807) is 36.0 Å². The van der Waals surface area contributed by atoms with E-state index >= 15 is 0 Å². The third-order valence-corrected chi connectivity index (χ3v) is 6.98. The first-order valence-electron chi connectivity index (χ1n) is 9.82. The third kappa shape index (κ3) is 7.32. The largest absolute Gasteiger partial charge is 0.355 e. The van der Waals surface area contributed by atoms with E-state index in [2.05, 4.69) is 5.32 Å². The molecule has 0 aliphatic carbocycles. The number of hydrogen-bond donors (Lipinski definition) is 1. The Morgan fingerprint density at radius 1 is 1.13 bits per heavy atom. The lowest BCUT2D eigenvalue weighted by molar-refractivity contribution is -0.121. The van der Waals surface area contributed by atoms with Crippen LogP contribution in [0.25, 0.3) is 0 Å². The minimum Gasteiger partial charge on any atom is -0.355 e. The summed E-state index contributed by atoms with van der Waals surface area (Å²) >= 11 is 1.55. The van der Waals surface area contributed by atoms with Gasteiger partial charge in [-0.15, -0.1) is 0 Å². The highest BCUT2D eigenvalue weighted by atomic mass is 32.2. The van der Waals surface area contributed by atoms with Crippen molar-refractivity contribution in [3.05, 3.63) is 65.0 Å². The zero-order valence-electron chi connectivity index (χ0n) is 17.7. The molecule has 2 aromatic carbocycles. The lowest BCUT2D eigenvalue weighted by Crippen LogP contribution is -2.33. The molecule has 0 saturated carbocycles. The van der Waals surface area contributed by atoms with E-state index in [1.807, 2.05) is 26.0 Å². The zero-order valence-corrected chi connectivity index (χ0v) is 19.3. The number of amides is 1. The van der Waals surface area contributed by atoms with Gasteiger partial charge in [0.15, 0.2) is 0 Å². The van der Waals surface area contributed by atoms with Gasteiger partial charge >= 0.3 is 0 Å². The molecule has 0 aliphatic heterocycles. The molecule has 0 atom stereocenters. The maximum Gasteiger partial charge on any atom is 0.232 e. The summed E-state index contributed by atoms with van der Waals surface area (Å²) in [6.07, 6.45) is 1.85. The molecule has 0 fully saturated rings. The predicted octanol–water partition coefficient (Wildman–Crippen LogP) is 4.04. The Morgan fingerprint density at radius 2 is 1.87 bits per heavy atom. The summed E-state index contributed by atoms with van der Waals surface area (Å²) in [6, 6.07) is 12.2. The van der Waals surface area contributed by atoms with Gasteiger partial charge in [-0.05, 0) is 49.1 Å². The van der Waals surface area contributed by atoms with Crippen LogP contribution in [-0.4, -0.2) is 39.4 Å². The van der Waals surface area contributed by atoms with Crippen LogP contribution in [0.3, 0.4) is 0 Å². The second-order valence-electron chi connectivity index (χ2n) is 7.15. The van der Waals surface area contributed by atoms with Gasteiger partial charge in [-0.25, -0.2) is 12.8 Å². The molecule has 1 N–H and O–H groups in total. The van der Waals surface area contributed by atoms with Gasteiger partial charge in [0, 0.05) is 31.0 Å². The van der Waals surface area contributed by atoms with Crippen molar-refractivity contribution in [1.82, 2.24) is 5.32 Å². The molecular weight excluding hydrogens is 423 g/mol. The van der Waals surface area contributed by atoms with Crippen LogP contribution in [0.1, 0.15) is 29.5 Å². The number of benzene rings is 2. The Bertz CT molecular complexity index is 965. The van der Waals surface area contributed by atoms with Gasteiger partial charge in [0.05, 0.1) is 11.9 Å². The highest BCUT2D eigenvalue weighted by Gasteiger charge is 2.19. The summed E-state index contributed by atoms with van der Waals surface area (Å²) in [4.78, 5) is 12.1. The Balaban J connectivity index is 1.75. The van der Waals surface area contributed by atoms with Crippen molar-refractivity contribution in [3.63, 3.8) is 0 Å². The number of halogens is 1. The number of thioether (sulfide) groups is 1. The molecule has 0 saturated heterocycles. The summed E-state index contributed by atoms with van der Waals surface area (Å²) in [5.41, 5.74) is 3.25. The number of sulfonamides is 1. The lowest BCUT2D eigenvalue weighted by Gasteiger charge is -2.24. The average Bonchev–Trinajstić information content (AvgIpc) is 2.68. The molecule has 0 spiro atoms. The summed E-state index contributed by atoms with van der Waals surface area (Å²) in [6.45, 7) is 4.58. The molecule has 2 rings (SSSR count). The molecule has 30 heavy (non-hydrogen) atoms. The van der Waals surface area contributed by atoms with E-state index in [1.165, 1.54) is 16.6 Å². The summed E-state index contributed by atoms with van der Waals surface area (Å²) in [5.74, 6) is 0.906. The maximum atomic E-state index is 13.6. The van der Waals surface area contributed by atoms with E-state index in [0.29, 0.717) is 35.7 Å². The topological polar surface area (TPSA) is 66.5 Å². The minimum absolute atomic E-state index is 0.115. The van der Waals surface area contributed by atoms with Crippen molar-refractivity contribution in [3.8, 4) is 0 Å². The van der Waals surface area contributed by atoms with E-state index in [0.717, 1.165) is 11.1 Å². The molecule has 0 unspecified atom stereocenters. The smallest absolute Gasteiger partial charge is 0.232 e. The number of anilines is 1. The van der Waals surface area contributed by atoms with E-state index in [9.17, 15) is 17.6 Å². The van der Waals surface area contributed by atoms with Crippen molar-refractivity contribution in [1.29, 1.82) is 0 Å². The van der Waals surface area contributed by atoms with E-state index < -0.39 is 10.0 Å². The maximum absolute atomic E-state index is 13.6. The van der Waals surface area contributed by atoms with E-state index in [4.69, 9.17) is 0 Å². The predicted molar refractivity (Wildman–Crippen MR) is 123 cm³/mol. The molecule has 0 radical (unpaired) electrons. The zero-order chi connectivity index (χ0) is 22.1. The average molecular weight is 453 g/mol. The van der Waals surface area contributed by atoms with Gasteiger partial charge < -0.3 is 5.32 Å². The molecule has 2 aromatic rings. The summed E-state index contributed by atoms with van der Waals surface area (Å²) in [5, 5.41) is 2.83. The van der Waals surface area contributed by atoms with Gasteiger partial charge in [0.2, 0.25) is 15.9 Å². The van der Waals surface area contributed by atoms with Gasteiger partial charge in [-0.2, -0.15) is 11.8 Å². The highest BCUT2D eigenvalue weighted by Crippen LogP contribution is 2.25.